The smallest absolute Gasteiger partial charge is 0.191 e. The van der Waals surface area contributed by atoms with E-state index in [4.69, 9.17) is 10.5 Å². The van der Waals surface area contributed by atoms with Crippen LogP contribution in [0.3, 0.4) is 0 Å². The van der Waals surface area contributed by atoms with Crippen molar-refractivity contribution in [2.75, 3.05) is 0 Å². The van der Waals surface area contributed by atoms with E-state index < -0.39 is 17.4 Å². The van der Waals surface area contributed by atoms with Crippen LogP contribution in [0.5, 0.6) is 5.75 Å². The van der Waals surface area contributed by atoms with Gasteiger partial charge in [0.15, 0.2) is 23.2 Å². The first-order valence-corrected chi connectivity index (χ1v) is 5.83. The lowest BCUT2D eigenvalue weighted by Gasteiger charge is -2.09. The van der Waals surface area contributed by atoms with Gasteiger partial charge in [0.25, 0.3) is 0 Å². The summed E-state index contributed by atoms with van der Waals surface area (Å²) in [7, 11) is 0. The van der Waals surface area contributed by atoms with Gasteiger partial charge in [0.1, 0.15) is 12.9 Å². The summed E-state index contributed by atoms with van der Waals surface area (Å²) in [6.45, 7) is 2.51. The Morgan fingerprint density at radius 2 is 2.00 bits per heavy atom. The van der Waals surface area contributed by atoms with Crippen LogP contribution in [-0.4, -0.2) is 14.8 Å². The fourth-order valence-electron chi connectivity index (χ4n) is 1.67. The van der Waals surface area contributed by atoms with Crippen molar-refractivity contribution in [3.05, 3.63) is 41.5 Å². The first-order chi connectivity index (χ1) is 9.15. The highest BCUT2D eigenvalue weighted by Gasteiger charge is 2.13. The van der Waals surface area contributed by atoms with Crippen LogP contribution < -0.4 is 10.5 Å². The van der Waals surface area contributed by atoms with Gasteiger partial charge in [0.2, 0.25) is 0 Å². The fraction of sp³-hybridized carbons (Fsp3) is 0.333. The van der Waals surface area contributed by atoms with Crippen molar-refractivity contribution in [1.29, 1.82) is 0 Å². The Hall–Kier alpha value is -2.02. The SMILES string of the molecule is CCn1ncnc1COc1c(F)cc(CN)cc1F. The second-order valence-electron chi connectivity index (χ2n) is 3.87. The van der Waals surface area contributed by atoms with E-state index in [1.807, 2.05) is 6.92 Å². The number of rotatable bonds is 5. The number of hydrogen-bond donors (Lipinski definition) is 1. The molecule has 102 valence electrons. The van der Waals surface area contributed by atoms with Crippen LogP contribution in [0.2, 0.25) is 0 Å². The van der Waals surface area contributed by atoms with Crippen LogP contribution in [0.25, 0.3) is 0 Å². The molecule has 7 heteroatoms. The van der Waals surface area contributed by atoms with Gasteiger partial charge in [-0.3, -0.25) is 0 Å². The third-order valence-electron chi connectivity index (χ3n) is 2.63. The normalized spacial score (nSPS) is 10.7. The Balaban J connectivity index is 2.16. The molecule has 0 saturated carbocycles. The van der Waals surface area contributed by atoms with Gasteiger partial charge in [-0.05, 0) is 24.6 Å². The monoisotopic (exact) mass is 268 g/mol. The number of hydrogen-bond acceptors (Lipinski definition) is 4. The fourth-order valence-corrected chi connectivity index (χ4v) is 1.67. The number of halogens is 2. The number of benzene rings is 1. The molecule has 0 bridgehead atoms. The van der Waals surface area contributed by atoms with Gasteiger partial charge in [-0.1, -0.05) is 0 Å². The van der Waals surface area contributed by atoms with Crippen molar-refractivity contribution in [2.24, 2.45) is 5.73 Å². The van der Waals surface area contributed by atoms with Crippen molar-refractivity contribution in [3.8, 4) is 5.75 Å². The molecule has 2 aromatic rings. The molecular weight excluding hydrogens is 254 g/mol. The highest BCUT2D eigenvalue weighted by Crippen LogP contribution is 2.24. The molecule has 1 aromatic heterocycles. The Bertz CT molecular complexity index is 548. The van der Waals surface area contributed by atoms with Gasteiger partial charge in [-0.2, -0.15) is 5.10 Å². The van der Waals surface area contributed by atoms with E-state index in [9.17, 15) is 8.78 Å². The van der Waals surface area contributed by atoms with Crippen molar-refractivity contribution < 1.29 is 13.5 Å². The van der Waals surface area contributed by atoms with Crippen LogP contribution in [0.15, 0.2) is 18.5 Å². The van der Waals surface area contributed by atoms with Gasteiger partial charge in [-0.25, -0.2) is 18.4 Å². The number of aryl methyl sites for hydroxylation is 1. The van der Waals surface area contributed by atoms with E-state index in [-0.39, 0.29) is 13.2 Å². The summed E-state index contributed by atoms with van der Waals surface area (Å²) in [5.41, 5.74) is 5.71. The lowest BCUT2D eigenvalue weighted by atomic mass is 10.2. The second-order valence-corrected chi connectivity index (χ2v) is 3.87. The first kappa shape index (κ1) is 13.4. The molecule has 2 N–H and O–H groups in total. The average molecular weight is 268 g/mol. The zero-order chi connectivity index (χ0) is 13.8. The van der Waals surface area contributed by atoms with Crippen LogP contribution in [-0.2, 0) is 19.7 Å². The summed E-state index contributed by atoms with van der Waals surface area (Å²) in [4.78, 5) is 3.96. The van der Waals surface area contributed by atoms with Crippen molar-refractivity contribution in [1.82, 2.24) is 14.8 Å². The second kappa shape index (κ2) is 5.75. The summed E-state index contributed by atoms with van der Waals surface area (Å²) in [6, 6.07) is 2.31. The molecule has 0 unspecified atom stereocenters. The highest BCUT2D eigenvalue weighted by atomic mass is 19.1. The molecule has 0 aliphatic carbocycles. The molecule has 0 amide bonds. The molecule has 1 aromatic carbocycles. The predicted octanol–water partition coefficient (Wildman–Crippen LogP) is 1.61. The van der Waals surface area contributed by atoms with Gasteiger partial charge >= 0.3 is 0 Å². The Morgan fingerprint density at radius 1 is 1.32 bits per heavy atom. The van der Waals surface area contributed by atoms with Crippen molar-refractivity contribution in [2.45, 2.75) is 26.6 Å². The van der Waals surface area contributed by atoms with Crippen molar-refractivity contribution >= 4 is 0 Å². The molecule has 0 spiro atoms. The largest absolute Gasteiger partial charge is 0.479 e. The molecule has 0 fully saturated rings. The molecule has 19 heavy (non-hydrogen) atoms. The lowest BCUT2D eigenvalue weighted by Crippen LogP contribution is -2.09. The third kappa shape index (κ3) is 2.87. The van der Waals surface area contributed by atoms with E-state index in [0.29, 0.717) is 17.9 Å². The van der Waals surface area contributed by atoms with E-state index in [2.05, 4.69) is 10.1 Å². The number of nitrogens with two attached hydrogens (primary N) is 1. The zero-order valence-electron chi connectivity index (χ0n) is 10.4. The third-order valence-corrected chi connectivity index (χ3v) is 2.63. The highest BCUT2D eigenvalue weighted by molar-refractivity contribution is 5.31. The standard InChI is InChI=1S/C12H14F2N4O/c1-2-18-11(16-7-17-18)6-19-12-9(13)3-8(5-15)4-10(12)14/h3-4,7H,2,5-6,15H2,1H3. The molecule has 5 nitrogen and oxygen atoms in total. The minimum atomic E-state index is -0.775. The first-order valence-electron chi connectivity index (χ1n) is 5.83. The van der Waals surface area contributed by atoms with Gasteiger partial charge in [0, 0.05) is 13.1 Å². The number of nitrogens with zero attached hydrogens (tertiary/aromatic N) is 3. The molecule has 0 saturated heterocycles. The maximum absolute atomic E-state index is 13.6. The summed E-state index contributed by atoms with van der Waals surface area (Å²) >= 11 is 0. The maximum atomic E-state index is 13.6. The summed E-state index contributed by atoms with van der Waals surface area (Å²) in [6.07, 6.45) is 1.37. The average Bonchev–Trinajstić information content (AvgIpc) is 2.85. The molecule has 0 aliphatic rings. The molecule has 0 atom stereocenters. The van der Waals surface area contributed by atoms with Crippen LogP contribution in [0, 0.1) is 11.6 Å². The number of aromatic nitrogens is 3. The predicted molar refractivity (Wildman–Crippen MR) is 64.3 cm³/mol. The zero-order valence-corrected chi connectivity index (χ0v) is 10.4. The minimum Gasteiger partial charge on any atom is -0.479 e. The molecular formula is C12H14F2N4O. The van der Waals surface area contributed by atoms with Crippen LogP contribution >= 0.6 is 0 Å². The lowest BCUT2D eigenvalue weighted by molar-refractivity contribution is 0.259. The Morgan fingerprint density at radius 3 is 2.58 bits per heavy atom. The summed E-state index contributed by atoms with van der Waals surface area (Å²) < 4.78 is 34.0. The topological polar surface area (TPSA) is 66.0 Å². The summed E-state index contributed by atoms with van der Waals surface area (Å²) in [5.74, 6) is -1.47. The maximum Gasteiger partial charge on any atom is 0.191 e. The quantitative estimate of drug-likeness (QED) is 0.894. The van der Waals surface area contributed by atoms with Crippen LogP contribution in [0.1, 0.15) is 18.3 Å². The van der Waals surface area contributed by atoms with E-state index in [0.717, 1.165) is 12.1 Å². The summed E-state index contributed by atoms with van der Waals surface area (Å²) in [5, 5.41) is 3.94. The molecule has 0 aliphatic heterocycles. The molecule has 2 rings (SSSR count). The van der Waals surface area contributed by atoms with Gasteiger partial charge in [0.05, 0.1) is 0 Å². The molecule has 0 radical (unpaired) electrons. The Labute approximate surface area is 109 Å². The van der Waals surface area contributed by atoms with E-state index in [1.54, 1.807) is 4.68 Å². The van der Waals surface area contributed by atoms with E-state index in [1.165, 1.54) is 6.33 Å². The molecule has 1 heterocycles. The van der Waals surface area contributed by atoms with Gasteiger partial charge < -0.3 is 10.5 Å². The van der Waals surface area contributed by atoms with Crippen molar-refractivity contribution in [3.63, 3.8) is 0 Å². The van der Waals surface area contributed by atoms with E-state index >= 15 is 0 Å². The Kier molecular flexibility index (Phi) is 4.06. The van der Waals surface area contributed by atoms with Crippen LogP contribution in [0.4, 0.5) is 8.78 Å². The van der Waals surface area contributed by atoms with Gasteiger partial charge in [-0.15, -0.1) is 0 Å². The minimum absolute atomic E-state index is 0.0519. The number of ether oxygens (including phenoxy) is 1.